The number of nitrogens with zero attached hydrogens (tertiary/aromatic N) is 1. The Kier molecular flexibility index (Phi) is 5.56. The van der Waals surface area contributed by atoms with Crippen LogP contribution in [0.15, 0.2) is 65.2 Å². The van der Waals surface area contributed by atoms with Crippen molar-refractivity contribution < 1.29 is 4.42 Å². The molecule has 188 valence electrons. The third kappa shape index (κ3) is 3.56. The summed E-state index contributed by atoms with van der Waals surface area (Å²) in [5.41, 5.74) is 13.2. The normalized spacial score (nSPS) is 14.2. The number of aromatic nitrogens is 1. The molecule has 0 fully saturated rings. The lowest BCUT2D eigenvalue weighted by Crippen LogP contribution is -2.29. The quantitative estimate of drug-likeness (QED) is 0.246. The smallest absolute Gasteiger partial charge is 0.145 e. The minimum absolute atomic E-state index is 0.00972. The third-order valence-corrected chi connectivity index (χ3v) is 8.39. The summed E-state index contributed by atoms with van der Waals surface area (Å²) < 4.78 is 6.95. The molecule has 37 heavy (non-hydrogen) atoms. The van der Waals surface area contributed by atoms with Crippen LogP contribution >= 0.6 is 0 Å². The van der Waals surface area contributed by atoms with Crippen molar-refractivity contribution in [1.82, 2.24) is 4.98 Å². The summed E-state index contributed by atoms with van der Waals surface area (Å²) in [6, 6.07) is 20.4. The number of benzene rings is 3. The Morgan fingerprint density at radius 3 is 2.03 bits per heavy atom. The van der Waals surface area contributed by atoms with Gasteiger partial charge in [-0.3, -0.25) is 4.98 Å². The van der Waals surface area contributed by atoms with E-state index in [2.05, 4.69) is 103 Å². The number of fused-ring (bicyclic) bond motifs is 7. The second-order valence-corrected chi connectivity index (χ2v) is 12.1. The van der Waals surface area contributed by atoms with Gasteiger partial charge in [0.15, 0.2) is 0 Å². The minimum atomic E-state index is 0.00972. The van der Waals surface area contributed by atoms with Gasteiger partial charge in [0.25, 0.3) is 0 Å². The van der Waals surface area contributed by atoms with E-state index in [1.165, 1.54) is 49.7 Å². The van der Waals surface area contributed by atoms with Crippen molar-refractivity contribution in [3.8, 4) is 22.4 Å². The van der Waals surface area contributed by atoms with E-state index in [4.69, 9.17) is 9.40 Å². The lowest BCUT2D eigenvalue weighted by Gasteiger charge is -2.35. The second-order valence-electron chi connectivity index (χ2n) is 12.1. The lowest BCUT2D eigenvalue weighted by molar-refractivity contribution is 0.337. The molecule has 2 nitrogen and oxygen atoms in total. The predicted octanol–water partition coefficient (Wildman–Crippen LogP) is 9.93. The molecule has 6 rings (SSSR count). The molecule has 0 radical (unpaired) electrons. The molecule has 2 aromatic heterocycles. The van der Waals surface area contributed by atoms with Gasteiger partial charge in [-0.25, -0.2) is 0 Å². The van der Waals surface area contributed by atoms with Crippen molar-refractivity contribution in [3.63, 3.8) is 0 Å². The van der Waals surface area contributed by atoms with E-state index >= 15 is 0 Å². The number of furan rings is 1. The molecular weight excluding hydrogens is 450 g/mol. The monoisotopic (exact) mass is 487 g/mol. The van der Waals surface area contributed by atoms with Gasteiger partial charge in [-0.05, 0) is 84.9 Å². The highest BCUT2D eigenvalue weighted by molar-refractivity contribution is 6.14. The van der Waals surface area contributed by atoms with E-state index in [0.717, 1.165) is 35.3 Å². The van der Waals surface area contributed by atoms with Crippen LogP contribution < -0.4 is 0 Å². The van der Waals surface area contributed by atoms with Crippen LogP contribution in [0.2, 0.25) is 0 Å². The first kappa shape index (κ1) is 24.0. The summed E-state index contributed by atoms with van der Waals surface area (Å²) in [7, 11) is 0. The molecule has 2 heteroatoms. The highest BCUT2D eigenvalue weighted by Crippen LogP contribution is 2.57. The second kappa shape index (κ2) is 8.58. The number of aryl methyl sites for hydroxylation is 3. The van der Waals surface area contributed by atoms with Crippen LogP contribution in [0.5, 0.6) is 0 Å². The highest BCUT2D eigenvalue weighted by Gasteiger charge is 2.45. The molecule has 0 unspecified atom stereocenters. The Hall–Kier alpha value is -3.39. The Labute approximate surface area is 220 Å². The van der Waals surface area contributed by atoms with Gasteiger partial charge >= 0.3 is 0 Å². The van der Waals surface area contributed by atoms with E-state index in [1.54, 1.807) is 0 Å². The van der Waals surface area contributed by atoms with Crippen LogP contribution in [-0.2, 0) is 5.41 Å². The van der Waals surface area contributed by atoms with Crippen LogP contribution in [0.4, 0.5) is 0 Å². The van der Waals surface area contributed by atoms with Gasteiger partial charge in [-0.1, -0.05) is 76.2 Å². The predicted molar refractivity (Wildman–Crippen MR) is 156 cm³/mol. The van der Waals surface area contributed by atoms with Gasteiger partial charge < -0.3 is 4.42 Å². The first-order valence-corrected chi connectivity index (χ1v) is 13.7. The Balaban J connectivity index is 1.70. The van der Waals surface area contributed by atoms with Crippen LogP contribution in [0.25, 0.3) is 44.3 Å². The van der Waals surface area contributed by atoms with E-state index < -0.39 is 0 Å². The van der Waals surface area contributed by atoms with Gasteiger partial charge in [0.1, 0.15) is 11.2 Å². The van der Waals surface area contributed by atoms with Gasteiger partial charge in [-0.15, -0.1) is 0 Å². The zero-order chi connectivity index (χ0) is 26.1. The molecule has 0 spiro atoms. The molecule has 0 bridgehead atoms. The summed E-state index contributed by atoms with van der Waals surface area (Å²) in [4.78, 5) is 4.83. The summed E-state index contributed by atoms with van der Waals surface area (Å²) >= 11 is 0. The molecule has 0 N–H and O–H groups in total. The number of pyridine rings is 1. The molecule has 1 aliphatic rings. The van der Waals surface area contributed by atoms with Crippen LogP contribution in [0.1, 0.15) is 68.4 Å². The molecule has 0 saturated carbocycles. The Morgan fingerprint density at radius 2 is 1.35 bits per heavy atom. The zero-order valence-electron chi connectivity index (χ0n) is 23.2. The average Bonchev–Trinajstić information content (AvgIpc) is 3.34. The van der Waals surface area contributed by atoms with Crippen LogP contribution in [0.3, 0.4) is 0 Å². The largest absolute Gasteiger partial charge is 0.455 e. The van der Waals surface area contributed by atoms with Gasteiger partial charge in [0.2, 0.25) is 0 Å². The molecule has 0 amide bonds. The molecule has 3 aromatic carbocycles. The fraction of sp³-hybridized carbons (Fsp3) is 0.343. The first-order valence-electron chi connectivity index (χ1n) is 13.7. The summed E-state index contributed by atoms with van der Waals surface area (Å²) in [6.07, 6.45) is 4.25. The lowest BCUT2D eigenvalue weighted by atomic mass is 9.68. The van der Waals surface area contributed by atoms with Gasteiger partial charge in [0, 0.05) is 33.5 Å². The number of hydrogen-bond acceptors (Lipinski definition) is 2. The maximum Gasteiger partial charge on any atom is 0.145 e. The van der Waals surface area contributed by atoms with E-state index in [1.807, 2.05) is 6.20 Å². The molecule has 2 heterocycles. The summed E-state index contributed by atoms with van der Waals surface area (Å²) in [5, 5.41) is 2.36. The summed E-state index contributed by atoms with van der Waals surface area (Å²) in [5.74, 6) is 1.18. The standard InChI is InChI=1S/C35H37NO/c1-20(2)17-35(18-21(3)4)28-11-9-8-10-27(28)32-29(35)15-14-26-25-13-12-22(5)31(33(25)37-34(26)32)30-16-23(6)24(7)19-36-30/h8-16,19-21H,17-18H2,1-7H3. The SMILES string of the molecule is Cc1cnc(-c2c(C)ccc3c2oc2c4c(ccc23)C(CC(C)C)(CC(C)C)c2ccccc2-4)cc1C. The molecule has 0 saturated heterocycles. The molecule has 5 aromatic rings. The maximum absolute atomic E-state index is 6.95. The van der Waals surface area contributed by atoms with Crippen LogP contribution in [-0.4, -0.2) is 4.98 Å². The number of hydrogen-bond donors (Lipinski definition) is 0. The molecule has 0 aliphatic heterocycles. The molecule has 0 atom stereocenters. The van der Waals surface area contributed by atoms with E-state index in [9.17, 15) is 0 Å². The topological polar surface area (TPSA) is 26.0 Å². The molecule has 1 aliphatic carbocycles. The Bertz CT molecular complexity index is 1660. The fourth-order valence-corrected chi connectivity index (χ4v) is 6.93. The van der Waals surface area contributed by atoms with Crippen molar-refractivity contribution >= 4 is 21.9 Å². The van der Waals surface area contributed by atoms with Gasteiger partial charge in [-0.2, -0.15) is 0 Å². The third-order valence-electron chi connectivity index (χ3n) is 8.39. The Morgan fingerprint density at radius 1 is 0.703 bits per heavy atom. The number of rotatable bonds is 5. The summed E-state index contributed by atoms with van der Waals surface area (Å²) in [6.45, 7) is 15.8. The average molecular weight is 488 g/mol. The van der Waals surface area contributed by atoms with Crippen molar-refractivity contribution in [2.24, 2.45) is 11.8 Å². The van der Waals surface area contributed by atoms with Gasteiger partial charge in [0.05, 0.1) is 5.69 Å². The zero-order valence-corrected chi connectivity index (χ0v) is 23.2. The fourth-order valence-electron chi connectivity index (χ4n) is 6.93. The van der Waals surface area contributed by atoms with Crippen molar-refractivity contribution in [1.29, 1.82) is 0 Å². The van der Waals surface area contributed by atoms with Crippen molar-refractivity contribution in [2.75, 3.05) is 0 Å². The minimum Gasteiger partial charge on any atom is -0.455 e. The van der Waals surface area contributed by atoms with E-state index in [0.29, 0.717) is 11.8 Å². The van der Waals surface area contributed by atoms with Crippen molar-refractivity contribution in [3.05, 3.63) is 88.6 Å². The van der Waals surface area contributed by atoms with E-state index in [-0.39, 0.29) is 5.41 Å². The van der Waals surface area contributed by atoms with Crippen LogP contribution in [0, 0.1) is 32.6 Å². The highest BCUT2D eigenvalue weighted by atomic mass is 16.3. The molecular formula is C35H37NO. The maximum atomic E-state index is 6.95. The first-order chi connectivity index (χ1) is 17.7. The van der Waals surface area contributed by atoms with Crippen molar-refractivity contribution in [2.45, 2.75) is 66.7 Å².